The Hall–Kier alpha value is -1.59. The van der Waals surface area contributed by atoms with Crippen LogP contribution in [0.5, 0.6) is 0 Å². The summed E-state index contributed by atoms with van der Waals surface area (Å²) < 4.78 is 0. The van der Waals surface area contributed by atoms with Gasteiger partial charge in [0.25, 0.3) is 5.69 Å². The number of rotatable bonds is 2. The molecule has 0 amide bonds. The zero-order valence-electron chi connectivity index (χ0n) is 11.5. The van der Waals surface area contributed by atoms with Crippen molar-refractivity contribution in [2.75, 3.05) is 0 Å². The first-order valence-electron chi connectivity index (χ1n) is 7.22. The molecule has 2 fully saturated rings. The maximum absolute atomic E-state index is 11.0. The lowest BCUT2D eigenvalue weighted by Crippen LogP contribution is -2.37. The van der Waals surface area contributed by atoms with Crippen molar-refractivity contribution in [2.24, 2.45) is 0 Å². The van der Waals surface area contributed by atoms with Crippen LogP contribution >= 0.6 is 12.4 Å². The molecule has 2 aromatic rings. The summed E-state index contributed by atoms with van der Waals surface area (Å²) in [7, 11) is 0. The molecule has 2 N–H and O–H groups in total. The van der Waals surface area contributed by atoms with E-state index in [2.05, 4.69) is 10.3 Å². The number of aromatic nitrogens is 1. The van der Waals surface area contributed by atoms with Gasteiger partial charge in [-0.25, -0.2) is 0 Å². The maximum atomic E-state index is 11.0. The molecule has 2 aliphatic heterocycles. The van der Waals surface area contributed by atoms with Gasteiger partial charge < -0.3 is 10.3 Å². The van der Waals surface area contributed by atoms with Crippen LogP contribution in [0.1, 0.15) is 37.2 Å². The number of nitrogens with zero attached hydrogens (tertiary/aromatic N) is 1. The molecule has 0 spiro atoms. The van der Waals surface area contributed by atoms with Crippen LogP contribution in [0.15, 0.2) is 24.4 Å². The normalized spacial score (nSPS) is 27.5. The Labute approximate surface area is 128 Å². The zero-order chi connectivity index (χ0) is 13.7. The van der Waals surface area contributed by atoms with Crippen molar-refractivity contribution in [1.82, 2.24) is 10.3 Å². The number of halogens is 1. The number of nitro groups is 1. The van der Waals surface area contributed by atoms with Gasteiger partial charge in [-0.15, -0.1) is 12.4 Å². The summed E-state index contributed by atoms with van der Waals surface area (Å²) in [6, 6.07) is 6.34. The fourth-order valence-electron chi connectivity index (χ4n) is 3.89. The van der Waals surface area contributed by atoms with Crippen molar-refractivity contribution in [1.29, 1.82) is 0 Å². The number of aromatic amines is 1. The van der Waals surface area contributed by atoms with Crippen LogP contribution in [0.2, 0.25) is 0 Å². The number of hydrogen-bond acceptors (Lipinski definition) is 3. The summed E-state index contributed by atoms with van der Waals surface area (Å²) in [6.07, 6.45) is 6.87. The number of nitro benzene ring substituents is 1. The molecule has 4 rings (SSSR count). The summed E-state index contributed by atoms with van der Waals surface area (Å²) >= 11 is 0. The Morgan fingerprint density at radius 2 is 1.90 bits per heavy atom. The van der Waals surface area contributed by atoms with Gasteiger partial charge in [-0.05, 0) is 43.2 Å². The molecule has 2 unspecified atom stereocenters. The molecule has 0 saturated carbocycles. The lowest BCUT2D eigenvalue weighted by atomic mass is 9.86. The molecule has 0 aliphatic carbocycles. The number of H-pyrrole nitrogens is 1. The van der Waals surface area contributed by atoms with E-state index in [4.69, 9.17) is 0 Å². The SMILES string of the molecule is Cl.O=[N+]([O-])c1ccc2[nH]cc(C3CC4CCC(C3)N4)c2c1. The Kier molecular flexibility index (Phi) is 3.63. The maximum Gasteiger partial charge on any atom is 0.270 e. The second kappa shape index (κ2) is 5.31. The number of nitrogens with one attached hydrogen (secondary N) is 2. The van der Waals surface area contributed by atoms with E-state index < -0.39 is 0 Å². The average molecular weight is 308 g/mol. The summed E-state index contributed by atoms with van der Waals surface area (Å²) in [6.45, 7) is 0. The lowest BCUT2D eigenvalue weighted by Gasteiger charge is -2.28. The zero-order valence-corrected chi connectivity index (χ0v) is 12.4. The van der Waals surface area contributed by atoms with Crippen molar-refractivity contribution in [3.05, 3.63) is 40.1 Å². The molecule has 21 heavy (non-hydrogen) atoms. The van der Waals surface area contributed by atoms with Crippen LogP contribution in [-0.2, 0) is 0 Å². The first-order valence-corrected chi connectivity index (χ1v) is 7.22. The lowest BCUT2D eigenvalue weighted by molar-refractivity contribution is -0.384. The average Bonchev–Trinajstić information content (AvgIpc) is 3.01. The molecule has 2 bridgehead atoms. The van der Waals surface area contributed by atoms with Crippen LogP contribution in [0, 0.1) is 10.1 Å². The van der Waals surface area contributed by atoms with Crippen molar-refractivity contribution >= 4 is 29.0 Å². The van der Waals surface area contributed by atoms with E-state index in [0.29, 0.717) is 18.0 Å². The third-order valence-corrected chi connectivity index (χ3v) is 4.82. The molecule has 2 atom stereocenters. The van der Waals surface area contributed by atoms with E-state index in [1.165, 1.54) is 18.4 Å². The second-order valence-corrected chi connectivity index (χ2v) is 6.04. The molecule has 3 heterocycles. The smallest absolute Gasteiger partial charge is 0.270 e. The van der Waals surface area contributed by atoms with Crippen molar-refractivity contribution in [2.45, 2.75) is 43.7 Å². The molecule has 112 valence electrons. The predicted octanol–water partition coefficient (Wildman–Crippen LogP) is 3.50. The van der Waals surface area contributed by atoms with Crippen molar-refractivity contribution in [3.63, 3.8) is 0 Å². The van der Waals surface area contributed by atoms with Gasteiger partial charge in [0.2, 0.25) is 0 Å². The highest BCUT2D eigenvalue weighted by molar-refractivity contribution is 5.86. The molecule has 2 aliphatic rings. The monoisotopic (exact) mass is 307 g/mol. The summed E-state index contributed by atoms with van der Waals surface area (Å²) in [5, 5.41) is 15.6. The molecule has 2 saturated heterocycles. The van der Waals surface area contributed by atoms with Crippen molar-refractivity contribution in [3.8, 4) is 0 Å². The van der Waals surface area contributed by atoms with Gasteiger partial charge in [0, 0.05) is 41.3 Å². The molecule has 1 aromatic carbocycles. The van der Waals surface area contributed by atoms with Gasteiger partial charge >= 0.3 is 0 Å². The highest BCUT2D eigenvalue weighted by atomic mass is 35.5. The summed E-state index contributed by atoms with van der Waals surface area (Å²) in [4.78, 5) is 13.9. The fourth-order valence-corrected chi connectivity index (χ4v) is 3.89. The number of fused-ring (bicyclic) bond motifs is 3. The van der Waals surface area contributed by atoms with Gasteiger partial charge in [-0.1, -0.05) is 0 Å². The Morgan fingerprint density at radius 1 is 1.19 bits per heavy atom. The van der Waals surface area contributed by atoms with Crippen LogP contribution in [-0.4, -0.2) is 22.0 Å². The highest BCUT2D eigenvalue weighted by Gasteiger charge is 2.35. The number of hydrogen-bond donors (Lipinski definition) is 2. The van der Waals surface area contributed by atoms with Crippen LogP contribution in [0.25, 0.3) is 10.9 Å². The largest absolute Gasteiger partial charge is 0.361 e. The Balaban J connectivity index is 0.00000132. The van der Waals surface area contributed by atoms with E-state index in [1.54, 1.807) is 12.1 Å². The molecule has 6 heteroatoms. The fraction of sp³-hybridized carbons (Fsp3) is 0.467. The van der Waals surface area contributed by atoms with Gasteiger partial charge in [0.15, 0.2) is 0 Å². The Morgan fingerprint density at radius 3 is 2.57 bits per heavy atom. The van der Waals surface area contributed by atoms with Crippen LogP contribution in [0.4, 0.5) is 5.69 Å². The topological polar surface area (TPSA) is 71.0 Å². The third-order valence-electron chi connectivity index (χ3n) is 4.82. The third kappa shape index (κ3) is 2.40. The number of non-ortho nitro benzene ring substituents is 1. The Bertz CT molecular complexity index is 673. The summed E-state index contributed by atoms with van der Waals surface area (Å²) in [5.41, 5.74) is 2.42. The minimum atomic E-state index is -0.317. The highest BCUT2D eigenvalue weighted by Crippen LogP contribution is 2.40. The minimum absolute atomic E-state index is 0. The van der Waals surface area contributed by atoms with E-state index in [-0.39, 0.29) is 23.0 Å². The molecular weight excluding hydrogens is 290 g/mol. The van der Waals surface area contributed by atoms with E-state index in [9.17, 15) is 10.1 Å². The van der Waals surface area contributed by atoms with Crippen molar-refractivity contribution < 1.29 is 4.92 Å². The first-order chi connectivity index (χ1) is 9.70. The van der Waals surface area contributed by atoms with E-state index in [1.807, 2.05) is 12.3 Å². The predicted molar refractivity (Wildman–Crippen MR) is 84.1 cm³/mol. The van der Waals surface area contributed by atoms with Crippen LogP contribution in [0.3, 0.4) is 0 Å². The van der Waals surface area contributed by atoms with E-state index >= 15 is 0 Å². The molecule has 5 nitrogen and oxygen atoms in total. The molecular formula is C15H18ClN3O2. The van der Waals surface area contributed by atoms with Gasteiger partial charge in [-0.3, -0.25) is 10.1 Å². The minimum Gasteiger partial charge on any atom is -0.361 e. The number of benzene rings is 1. The molecule has 0 radical (unpaired) electrons. The standard InChI is InChI=1S/C15H17N3O2.ClH/c19-18(20)12-3-4-15-13(7-12)14(8-16-15)9-5-10-1-2-11(6-9)17-10;/h3-4,7-11,16-17H,1-2,5-6H2;1H. The van der Waals surface area contributed by atoms with Gasteiger partial charge in [0.1, 0.15) is 0 Å². The van der Waals surface area contributed by atoms with Gasteiger partial charge in [-0.2, -0.15) is 0 Å². The van der Waals surface area contributed by atoms with Crippen LogP contribution < -0.4 is 5.32 Å². The quantitative estimate of drug-likeness (QED) is 0.659. The second-order valence-electron chi connectivity index (χ2n) is 6.04. The van der Waals surface area contributed by atoms with Gasteiger partial charge in [0.05, 0.1) is 4.92 Å². The first kappa shape index (κ1) is 14.4. The van der Waals surface area contributed by atoms with E-state index in [0.717, 1.165) is 23.7 Å². The number of piperidine rings is 1. The molecule has 1 aromatic heterocycles. The summed E-state index contributed by atoms with van der Waals surface area (Å²) in [5.74, 6) is 0.518.